The Morgan fingerprint density at radius 1 is 1.12 bits per heavy atom. The van der Waals surface area contributed by atoms with Crippen molar-refractivity contribution in [3.05, 3.63) is 12.7 Å². The Balaban J connectivity index is 2.08. The van der Waals surface area contributed by atoms with Gasteiger partial charge in [0.05, 0.1) is 0 Å². The molecule has 0 N–H and O–H groups in total. The minimum Gasteiger partial charge on any atom is -0.456 e. The van der Waals surface area contributed by atoms with Crippen molar-refractivity contribution in [1.29, 1.82) is 0 Å². The molecule has 0 radical (unpaired) electrons. The first-order valence-electron chi connectivity index (χ1n) is 7.09. The van der Waals surface area contributed by atoms with E-state index in [9.17, 15) is 4.79 Å². The molecule has 0 aromatic heterocycles. The van der Waals surface area contributed by atoms with Gasteiger partial charge in [-0.1, -0.05) is 38.7 Å². The standard InChI is InChI=1S/C15H24O2/c1-2-14(16)17-15-10-6-4-3-5-8-13(12-15)9-7-11-15/h2,13H,1,3-12H2. The summed E-state index contributed by atoms with van der Waals surface area (Å²) >= 11 is 0. The van der Waals surface area contributed by atoms with Crippen LogP contribution in [-0.2, 0) is 9.53 Å². The summed E-state index contributed by atoms with van der Waals surface area (Å²) in [5.74, 6) is 0.546. The average molecular weight is 236 g/mol. The van der Waals surface area contributed by atoms with E-state index in [1.54, 1.807) is 0 Å². The van der Waals surface area contributed by atoms with Gasteiger partial charge in [-0.25, -0.2) is 4.79 Å². The van der Waals surface area contributed by atoms with Gasteiger partial charge >= 0.3 is 5.97 Å². The van der Waals surface area contributed by atoms with Gasteiger partial charge in [-0.2, -0.15) is 0 Å². The number of ether oxygens (including phenoxy) is 1. The normalized spacial score (nSPS) is 34.0. The minimum absolute atomic E-state index is 0.154. The summed E-state index contributed by atoms with van der Waals surface area (Å²) in [4.78, 5) is 11.5. The topological polar surface area (TPSA) is 26.3 Å². The molecular weight excluding hydrogens is 212 g/mol. The zero-order valence-corrected chi connectivity index (χ0v) is 10.7. The molecule has 2 heteroatoms. The van der Waals surface area contributed by atoms with Crippen LogP contribution in [0.2, 0.25) is 0 Å². The number of hydrogen-bond acceptors (Lipinski definition) is 2. The van der Waals surface area contributed by atoms with Crippen molar-refractivity contribution in [2.75, 3.05) is 0 Å². The minimum atomic E-state index is -0.232. The van der Waals surface area contributed by atoms with E-state index in [0.717, 1.165) is 25.2 Å². The van der Waals surface area contributed by atoms with Crippen molar-refractivity contribution < 1.29 is 9.53 Å². The van der Waals surface area contributed by atoms with Crippen LogP contribution in [0.3, 0.4) is 0 Å². The van der Waals surface area contributed by atoms with Crippen LogP contribution >= 0.6 is 0 Å². The highest BCUT2D eigenvalue weighted by atomic mass is 16.6. The predicted octanol–water partition coefficient (Wildman–Crippen LogP) is 4.00. The third-order valence-electron chi connectivity index (χ3n) is 4.38. The van der Waals surface area contributed by atoms with Gasteiger partial charge in [0.15, 0.2) is 0 Å². The molecule has 0 aromatic rings. The van der Waals surface area contributed by atoms with Crippen molar-refractivity contribution in [2.24, 2.45) is 5.92 Å². The van der Waals surface area contributed by atoms with Crippen molar-refractivity contribution in [3.63, 3.8) is 0 Å². The van der Waals surface area contributed by atoms with Gasteiger partial charge in [0.2, 0.25) is 0 Å². The van der Waals surface area contributed by atoms with Crippen LogP contribution in [-0.4, -0.2) is 11.6 Å². The summed E-state index contributed by atoms with van der Waals surface area (Å²) in [7, 11) is 0. The van der Waals surface area contributed by atoms with Crippen molar-refractivity contribution >= 4 is 5.97 Å². The second-order valence-corrected chi connectivity index (χ2v) is 5.72. The number of esters is 1. The average Bonchev–Trinajstić information content (AvgIpc) is 2.39. The lowest BCUT2D eigenvalue weighted by atomic mass is 9.74. The molecular formula is C15H24O2. The second kappa shape index (κ2) is 5.70. The van der Waals surface area contributed by atoms with Gasteiger partial charge in [-0.3, -0.25) is 0 Å². The second-order valence-electron chi connectivity index (χ2n) is 5.72. The summed E-state index contributed by atoms with van der Waals surface area (Å²) in [6, 6.07) is 0. The Morgan fingerprint density at radius 3 is 2.65 bits per heavy atom. The number of carbonyl (C=O) groups excluding carboxylic acids is 1. The molecule has 0 aromatic carbocycles. The molecule has 0 spiro atoms. The summed E-state index contributed by atoms with van der Waals surface area (Å²) in [6.45, 7) is 3.51. The predicted molar refractivity (Wildman–Crippen MR) is 68.7 cm³/mol. The van der Waals surface area contributed by atoms with Crippen LogP contribution in [0.25, 0.3) is 0 Å². The Labute approximate surface area is 104 Å². The fourth-order valence-electron chi connectivity index (χ4n) is 3.55. The first kappa shape index (κ1) is 12.7. The zero-order chi connectivity index (χ0) is 12.1. The van der Waals surface area contributed by atoms with E-state index in [1.165, 1.54) is 51.0 Å². The molecule has 2 unspecified atom stereocenters. The quantitative estimate of drug-likeness (QED) is 0.535. The smallest absolute Gasteiger partial charge is 0.330 e. The fraction of sp³-hybridized carbons (Fsp3) is 0.800. The van der Waals surface area contributed by atoms with Gasteiger partial charge in [0.25, 0.3) is 0 Å². The van der Waals surface area contributed by atoms with Crippen LogP contribution in [0.5, 0.6) is 0 Å². The molecule has 17 heavy (non-hydrogen) atoms. The molecule has 0 aliphatic heterocycles. The van der Waals surface area contributed by atoms with E-state index in [0.29, 0.717) is 0 Å². The maximum atomic E-state index is 11.5. The molecule has 0 amide bonds. The van der Waals surface area contributed by atoms with Gasteiger partial charge in [-0.05, 0) is 38.0 Å². The molecule has 2 atom stereocenters. The van der Waals surface area contributed by atoms with Crippen LogP contribution < -0.4 is 0 Å². The van der Waals surface area contributed by atoms with Crippen LogP contribution in [0.4, 0.5) is 0 Å². The molecule has 96 valence electrons. The third-order valence-corrected chi connectivity index (χ3v) is 4.38. The molecule has 2 nitrogen and oxygen atoms in total. The van der Waals surface area contributed by atoms with Crippen LogP contribution in [0, 0.1) is 5.92 Å². The Bertz CT molecular complexity index is 285. The van der Waals surface area contributed by atoms with Gasteiger partial charge in [0.1, 0.15) is 5.60 Å². The maximum absolute atomic E-state index is 11.5. The molecule has 2 aliphatic rings. The van der Waals surface area contributed by atoms with Crippen molar-refractivity contribution in [3.8, 4) is 0 Å². The third kappa shape index (κ3) is 3.34. The zero-order valence-electron chi connectivity index (χ0n) is 10.7. The van der Waals surface area contributed by atoms with Gasteiger partial charge in [0, 0.05) is 6.08 Å². The van der Waals surface area contributed by atoms with Gasteiger partial charge in [-0.15, -0.1) is 0 Å². The summed E-state index contributed by atoms with van der Waals surface area (Å²) < 4.78 is 5.73. The lowest BCUT2D eigenvalue weighted by molar-refractivity contribution is -0.160. The highest BCUT2D eigenvalue weighted by Crippen LogP contribution is 2.42. The molecule has 0 heterocycles. The molecule has 2 saturated carbocycles. The molecule has 2 aliphatic carbocycles. The highest BCUT2D eigenvalue weighted by Gasteiger charge is 2.39. The Morgan fingerprint density at radius 2 is 1.82 bits per heavy atom. The highest BCUT2D eigenvalue weighted by molar-refractivity contribution is 5.81. The lowest BCUT2D eigenvalue weighted by Gasteiger charge is -2.40. The lowest BCUT2D eigenvalue weighted by Crippen LogP contribution is -2.39. The van der Waals surface area contributed by atoms with E-state index in [4.69, 9.17) is 4.74 Å². The molecule has 2 fully saturated rings. The first-order valence-corrected chi connectivity index (χ1v) is 7.09. The van der Waals surface area contributed by atoms with E-state index in [2.05, 4.69) is 6.58 Å². The molecule has 0 saturated heterocycles. The molecule has 2 rings (SSSR count). The largest absolute Gasteiger partial charge is 0.456 e. The van der Waals surface area contributed by atoms with Crippen LogP contribution in [0.15, 0.2) is 12.7 Å². The van der Waals surface area contributed by atoms with Crippen LogP contribution in [0.1, 0.15) is 64.2 Å². The monoisotopic (exact) mass is 236 g/mol. The maximum Gasteiger partial charge on any atom is 0.330 e. The Hall–Kier alpha value is -0.790. The number of fused-ring (bicyclic) bond motifs is 2. The van der Waals surface area contributed by atoms with E-state index in [-0.39, 0.29) is 11.6 Å². The number of carbonyl (C=O) groups is 1. The first-order chi connectivity index (χ1) is 8.24. The summed E-state index contributed by atoms with van der Waals surface area (Å²) in [5.41, 5.74) is -0.154. The Kier molecular flexibility index (Phi) is 4.25. The SMILES string of the molecule is C=CC(=O)OC12CCCCCCC(CCC1)C2. The molecule has 2 bridgehead atoms. The number of rotatable bonds is 2. The van der Waals surface area contributed by atoms with E-state index >= 15 is 0 Å². The van der Waals surface area contributed by atoms with Crippen molar-refractivity contribution in [2.45, 2.75) is 69.8 Å². The van der Waals surface area contributed by atoms with E-state index in [1.807, 2.05) is 0 Å². The van der Waals surface area contributed by atoms with Crippen molar-refractivity contribution in [1.82, 2.24) is 0 Å². The van der Waals surface area contributed by atoms with E-state index < -0.39 is 0 Å². The van der Waals surface area contributed by atoms with Gasteiger partial charge < -0.3 is 4.74 Å². The summed E-state index contributed by atoms with van der Waals surface area (Å²) in [6.07, 6.45) is 13.6. The number of hydrogen-bond donors (Lipinski definition) is 0. The fourth-order valence-corrected chi connectivity index (χ4v) is 3.55. The summed E-state index contributed by atoms with van der Waals surface area (Å²) in [5, 5.41) is 0.